The highest BCUT2D eigenvalue weighted by atomic mass is 35.5. The van der Waals surface area contributed by atoms with Gasteiger partial charge in [0.05, 0.1) is 30.7 Å². The van der Waals surface area contributed by atoms with Crippen molar-refractivity contribution in [3.63, 3.8) is 0 Å². The average Bonchev–Trinajstić information content (AvgIpc) is 3.38. The Morgan fingerprint density at radius 2 is 2.13 bits per heavy atom. The van der Waals surface area contributed by atoms with E-state index < -0.39 is 11.9 Å². The second kappa shape index (κ2) is 10.5. The zero-order valence-corrected chi connectivity index (χ0v) is 19.0. The first-order valence-electron chi connectivity index (χ1n) is 8.91. The fourth-order valence-electron chi connectivity index (χ4n) is 2.55. The number of aliphatic imine (C=N–C) groups is 1. The zero-order valence-electron chi connectivity index (χ0n) is 16.6. The SMILES string of the molecule is COC(=O)CNC(=O)CSC1=N/C(=C\c2cccs2)C(=O)N1c1ccc(OC)c(Cl)c1. The number of thioether (sulfide) groups is 1. The Kier molecular flexibility index (Phi) is 7.72. The molecule has 0 fully saturated rings. The first kappa shape index (κ1) is 22.9. The van der Waals surface area contributed by atoms with Crippen LogP contribution in [0.4, 0.5) is 5.69 Å². The number of amides is 2. The lowest BCUT2D eigenvalue weighted by atomic mass is 10.2. The number of nitrogens with zero attached hydrogens (tertiary/aromatic N) is 2. The molecule has 1 aliphatic rings. The monoisotopic (exact) mass is 479 g/mol. The number of amidine groups is 1. The molecule has 8 nitrogen and oxygen atoms in total. The van der Waals surface area contributed by atoms with Gasteiger partial charge in [0.2, 0.25) is 5.91 Å². The van der Waals surface area contributed by atoms with Crippen molar-refractivity contribution in [3.8, 4) is 5.75 Å². The van der Waals surface area contributed by atoms with E-state index in [9.17, 15) is 14.4 Å². The van der Waals surface area contributed by atoms with E-state index in [1.54, 1.807) is 24.3 Å². The van der Waals surface area contributed by atoms with E-state index in [-0.39, 0.29) is 23.9 Å². The molecule has 1 N–H and O–H groups in total. The van der Waals surface area contributed by atoms with Crippen LogP contribution in [0.1, 0.15) is 4.88 Å². The lowest BCUT2D eigenvalue weighted by molar-refractivity contribution is -0.140. The molecular formula is C20H18ClN3O5S2. The molecule has 11 heteroatoms. The molecule has 0 atom stereocenters. The van der Waals surface area contributed by atoms with Crippen LogP contribution in [-0.4, -0.2) is 49.5 Å². The van der Waals surface area contributed by atoms with Crippen molar-refractivity contribution in [1.82, 2.24) is 5.32 Å². The molecule has 2 heterocycles. The Bertz CT molecular complexity index is 1050. The summed E-state index contributed by atoms with van der Waals surface area (Å²) in [6, 6.07) is 8.68. The molecule has 1 aromatic carbocycles. The predicted molar refractivity (Wildman–Crippen MR) is 123 cm³/mol. The van der Waals surface area contributed by atoms with Crippen molar-refractivity contribution < 1.29 is 23.9 Å². The lowest BCUT2D eigenvalue weighted by Crippen LogP contribution is -2.34. The number of ether oxygens (including phenoxy) is 2. The van der Waals surface area contributed by atoms with E-state index in [1.165, 1.54) is 30.5 Å². The molecule has 0 spiro atoms. The van der Waals surface area contributed by atoms with Crippen molar-refractivity contribution in [2.45, 2.75) is 0 Å². The molecule has 1 aromatic heterocycles. The summed E-state index contributed by atoms with van der Waals surface area (Å²) in [7, 11) is 2.74. The topological polar surface area (TPSA) is 97.3 Å². The first-order chi connectivity index (χ1) is 14.9. The second-order valence-electron chi connectivity index (χ2n) is 6.04. The van der Waals surface area contributed by atoms with Crippen LogP contribution in [0.2, 0.25) is 5.02 Å². The zero-order chi connectivity index (χ0) is 22.4. The van der Waals surface area contributed by atoms with Gasteiger partial charge in [-0.05, 0) is 35.7 Å². The highest BCUT2D eigenvalue weighted by Gasteiger charge is 2.33. The number of hydrogen-bond acceptors (Lipinski definition) is 8. The summed E-state index contributed by atoms with van der Waals surface area (Å²) in [4.78, 5) is 43.1. The summed E-state index contributed by atoms with van der Waals surface area (Å²) >= 11 is 8.78. The molecule has 3 rings (SSSR count). The quantitative estimate of drug-likeness (QED) is 0.484. The summed E-state index contributed by atoms with van der Waals surface area (Å²) in [6.07, 6.45) is 1.69. The Balaban J connectivity index is 1.84. The Hall–Kier alpha value is -2.82. The number of methoxy groups -OCH3 is 2. The van der Waals surface area contributed by atoms with Crippen LogP contribution in [0, 0.1) is 0 Å². The molecule has 0 saturated heterocycles. The largest absolute Gasteiger partial charge is 0.495 e. The van der Waals surface area contributed by atoms with Crippen LogP contribution in [0.15, 0.2) is 46.4 Å². The number of carbonyl (C=O) groups excluding carboxylic acids is 3. The van der Waals surface area contributed by atoms with Crippen LogP contribution < -0.4 is 15.0 Å². The van der Waals surface area contributed by atoms with E-state index in [4.69, 9.17) is 16.3 Å². The van der Waals surface area contributed by atoms with Crippen molar-refractivity contribution in [3.05, 3.63) is 51.3 Å². The van der Waals surface area contributed by atoms with E-state index in [0.717, 1.165) is 16.6 Å². The Morgan fingerprint density at radius 1 is 1.32 bits per heavy atom. The van der Waals surface area contributed by atoms with Gasteiger partial charge >= 0.3 is 5.97 Å². The van der Waals surface area contributed by atoms with E-state index in [2.05, 4.69) is 15.0 Å². The predicted octanol–water partition coefficient (Wildman–Crippen LogP) is 3.18. The lowest BCUT2D eigenvalue weighted by Gasteiger charge is -2.18. The normalized spacial score (nSPS) is 14.5. The average molecular weight is 480 g/mol. The standard InChI is InChI=1S/C20H18ClN3O5S2/c1-28-16-6-5-12(8-14(16)21)24-19(27)15(9-13-4-3-7-30-13)23-20(24)31-11-17(25)22-10-18(26)29-2/h3-9H,10-11H2,1-2H3,(H,22,25)/b15-9-. The highest BCUT2D eigenvalue weighted by Crippen LogP contribution is 2.34. The van der Waals surface area contributed by atoms with Crippen molar-refractivity contribution in [2.24, 2.45) is 4.99 Å². The fourth-order valence-corrected chi connectivity index (χ4v) is 4.29. The summed E-state index contributed by atoms with van der Waals surface area (Å²) in [5.74, 6) is -0.862. The number of benzene rings is 1. The van der Waals surface area contributed by atoms with E-state index in [0.29, 0.717) is 21.6 Å². The maximum Gasteiger partial charge on any atom is 0.325 e. The van der Waals surface area contributed by atoms with Crippen LogP contribution in [-0.2, 0) is 19.1 Å². The molecule has 0 radical (unpaired) electrons. The number of rotatable bonds is 7. The molecule has 2 amide bonds. The molecule has 162 valence electrons. The number of halogens is 1. The van der Waals surface area contributed by atoms with Gasteiger partial charge in [0, 0.05) is 4.88 Å². The fraction of sp³-hybridized carbons (Fsp3) is 0.200. The third kappa shape index (κ3) is 5.66. The molecule has 31 heavy (non-hydrogen) atoms. The van der Waals surface area contributed by atoms with Gasteiger partial charge in [-0.2, -0.15) is 0 Å². The van der Waals surface area contributed by atoms with Gasteiger partial charge in [0.15, 0.2) is 5.17 Å². The Labute approximate surface area is 191 Å². The Morgan fingerprint density at radius 3 is 2.77 bits per heavy atom. The smallest absolute Gasteiger partial charge is 0.325 e. The number of esters is 1. The number of carbonyl (C=O) groups is 3. The minimum absolute atomic E-state index is 0.0459. The summed E-state index contributed by atoms with van der Waals surface area (Å²) in [5, 5.41) is 5.01. The maximum absolute atomic E-state index is 13.1. The molecule has 1 aliphatic heterocycles. The first-order valence-corrected chi connectivity index (χ1v) is 11.2. The van der Waals surface area contributed by atoms with Gasteiger partial charge in [-0.25, -0.2) is 4.99 Å². The van der Waals surface area contributed by atoms with E-state index in [1.807, 2.05) is 17.5 Å². The molecule has 0 unspecified atom stereocenters. The van der Waals surface area contributed by atoms with Crippen molar-refractivity contribution >= 4 is 69.4 Å². The summed E-state index contributed by atoms with van der Waals surface area (Å²) in [6.45, 7) is -0.233. The van der Waals surface area contributed by atoms with Crippen LogP contribution >= 0.6 is 34.7 Å². The van der Waals surface area contributed by atoms with Gasteiger partial charge in [-0.15, -0.1) is 11.3 Å². The number of hydrogen-bond donors (Lipinski definition) is 1. The number of anilines is 1. The third-order valence-corrected chi connectivity index (χ3v) is 6.09. The van der Waals surface area contributed by atoms with Crippen molar-refractivity contribution in [1.29, 1.82) is 0 Å². The highest BCUT2D eigenvalue weighted by molar-refractivity contribution is 8.14. The van der Waals surface area contributed by atoms with E-state index >= 15 is 0 Å². The van der Waals surface area contributed by atoms with Gasteiger partial charge < -0.3 is 14.8 Å². The van der Waals surface area contributed by atoms with Gasteiger partial charge in [0.25, 0.3) is 5.91 Å². The molecule has 0 aliphatic carbocycles. The number of nitrogens with one attached hydrogen (secondary N) is 1. The van der Waals surface area contributed by atoms with Crippen LogP contribution in [0.3, 0.4) is 0 Å². The molecule has 0 bridgehead atoms. The minimum atomic E-state index is -0.553. The van der Waals surface area contributed by atoms with Gasteiger partial charge in [-0.1, -0.05) is 29.4 Å². The molecule has 0 saturated carbocycles. The van der Waals surface area contributed by atoms with Gasteiger partial charge in [0.1, 0.15) is 18.0 Å². The number of thiophene rings is 1. The second-order valence-corrected chi connectivity index (χ2v) is 8.37. The summed E-state index contributed by atoms with van der Waals surface area (Å²) in [5.41, 5.74) is 0.735. The molecular weight excluding hydrogens is 462 g/mol. The van der Waals surface area contributed by atoms with Gasteiger partial charge in [-0.3, -0.25) is 19.3 Å². The van der Waals surface area contributed by atoms with Crippen molar-refractivity contribution in [2.75, 3.05) is 31.4 Å². The van der Waals surface area contributed by atoms with Crippen LogP contribution in [0.25, 0.3) is 6.08 Å². The third-order valence-electron chi connectivity index (χ3n) is 4.04. The minimum Gasteiger partial charge on any atom is -0.495 e. The summed E-state index contributed by atoms with van der Waals surface area (Å²) < 4.78 is 9.67. The maximum atomic E-state index is 13.1. The van der Waals surface area contributed by atoms with Crippen LogP contribution in [0.5, 0.6) is 5.75 Å². The molecule has 2 aromatic rings.